The lowest BCUT2D eigenvalue weighted by Crippen LogP contribution is -2.21. The highest BCUT2D eigenvalue weighted by Crippen LogP contribution is 2.24. The first kappa shape index (κ1) is 14.1. The van der Waals surface area contributed by atoms with Crippen LogP contribution in [-0.4, -0.2) is 16.3 Å². The minimum atomic E-state index is 0.0717. The number of nitrogens with zero attached hydrogens (tertiary/aromatic N) is 2. The van der Waals surface area contributed by atoms with Gasteiger partial charge in [-0.3, -0.25) is 4.68 Å². The third-order valence-corrected chi connectivity index (χ3v) is 3.73. The van der Waals surface area contributed by atoms with Gasteiger partial charge in [-0.2, -0.15) is 5.10 Å². The third-order valence-electron chi connectivity index (χ3n) is 3.27. The van der Waals surface area contributed by atoms with Gasteiger partial charge in [0.05, 0.1) is 12.2 Å². The molecule has 0 saturated heterocycles. The Morgan fingerprint density at radius 3 is 2.63 bits per heavy atom. The smallest absolute Gasteiger partial charge is 0.0669 e. The molecule has 0 aliphatic rings. The van der Waals surface area contributed by atoms with Gasteiger partial charge in [0.25, 0.3) is 0 Å². The van der Waals surface area contributed by atoms with Crippen molar-refractivity contribution < 1.29 is 0 Å². The highest BCUT2D eigenvalue weighted by Gasteiger charge is 2.15. The van der Waals surface area contributed by atoms with Crippen molar-refractivity contribution in [1.29, 1.82) is 0 Å². The van der Waals surface area contributed by atoms with Gasteiger partial charge in [-0.15, -0.1) is 0 Å². The van der Waals surface area contributed by atoms with Crippen LogP contribution in [0.4, 0.5) is 5.69 Å². The normalized spacial score (nSPS) is 12.5. The SMILES string of the molecule is Cc1cc(Br)cc(NC(CN)c2cnn(C)c2C)c1. The monoisotopic (exact) mass is 322 g/mol. The molecule has 1 unspecified atom stereocenters. The molecule has 0 aliphatic heterocycles. The number of benzene rings is 1. The molecule has 1 aromatic heterocycles. The van der Waals surface area contributed by atoms with Crippen LogP contribution >= 0.6 is 15.9 Å². The molecule has 1 aromatic carbocycles. The van der Waals surface area contributed by atoms with E-state index < -0.39 is 0 Å². The second-order valence-corrected chi connectivity index (χ2v) is 5.67. The number of halogens is 1. The zero-order valence-corrected chi connectivity index (χ0v) is 13.0. The molecular formula is C14H19BrN4. The van der Waals surface area contributed by atoms with Gasteiger partial charge in [-0.1, -0.05) is 15.9 Å². The molecule has 0 saturated carbocycles. The van der Waals surface area contributed by atoms with Crippen LogP contribution < -0.4 is 11.1 Å². The summed E-state index contributed by atoms with van der Waals surface area (Å²) in [5.41, 5.74) is 10.4. The highest BCUT2D eigenvalue weighted by atomic mass is 79.9. The number of hydrogen-bond acceptors (Lipinski definition) is 3. The highest BCUT2D eigenvalue weighted by molar-refractivity contribution is 9.10. The first-order valence-electron chi connectivity index (χ1n) is 6.23. The summed E-state index contributed by atoms with van der Waals surface area (Å²) in [6.45, 7) is 4.65. The van der Waals surface area contributed by atoms with Crippen molar-refractivity contribution in [1.82, 2.24) is 9.78 Å². The molecule has 2 aromatic rings. The van der Waals surface area contributed by atoms with Crippen molar-refractivity contribution in [3.05, 3.63) is 45.7 Å². The van der Waals surface area contributed by atoms with E-state index in [0.29, 0.717) is 6.54 Å². The summed E-state index contributed by atoms with van der Waals surface area (Å²) in [6, 6.07) is 6.32. The molecule has 3 N–H and O–H groups in total. The number of nitrogens with two attached hydrogens (primary N) is 1. The average molecular weight is 323 g/mol. The molecule has 0 radical (unpaired) electrons. The summed E-state index contributed by atoms with van der Waals surface area (Å²) >= 11 is 3.51. The molecule has 1 heterocycles. The Bertz CT molecular complexity index is 557. The number of anilines is 1. The molecule has 5 heteroatoms. The minimum absolute atomic E-state index is 0.0717. The fourth-order valence-corrected chi connectivity index (χ4v) is 2.75. The molecule has 0 aliphatic carbocycles. The fourth-order valence-electron chi connectivity index (χ4n) is 2.14. The van der Waals surface area contributed by atoms with Gasteiger partial charge in [-0.05, 0) is 37.6 Å². The summed E-state index contributed by atoms with van der Waals surface area (Å²) in [5.74, 6) is 0. The van der Waals surface area contributed by atoms with Gasteiger partial charge in [0, 0.05) is 35.0 Å². The van der Waals surface area contributed by atoms with Gasteiger partial charge in [0.15, 0.2) is 0 Å². The Morgan fingerprint density at radius 1 is 1.37 bits per heavy atom. The molecule has 4 nitrogen and oxygen atoms in total. The van der Waals surface area contributed by atoms with Crippen LogP contribution in [0.2, 0.25) is 0 Å². The van der Waals surface area contributed by atoms with E-state index in [1.165, 1.54) is 5.56 Å². The molecule has 1 atom stereocenters. The predicted octanol–water partition coefficient (Wildman–Crippen LogP) is 2.91. The van der Waals surface area contributed by atoms with Crippen molar-refractivity contribution in [3.63, 3.8) is 0 Å². The number of nitrogens with one attached hydrogen (secondary N) is 1. The summed E-state index contributed by atoms with van der Waals surface area (Å²) < 4.78 is 2.93. The van der Waals surface area contributed by atoms with E-state index in [9.17, 15) is 0 Å². The van der Waals surface area contributed by atoms with E-state index in [1.807, 2.05) is 17.9 Å². The van der Waals surface area contributed by atoms with Crippen molar-refractivity contribution in [2.45, 2.75) is 19.9 Å². The van der Waals surface area contributed by atoms with Gasteiger partial charge < -0.3 is 11.1 Å². The van der Waals surface area contributed by atoms with Crippen molar-refractivity contribution >= 4 is 21.6 Å². The van der Waals surface area contributed by atoms with Gasteiger partial charge >= 0.3 is 0 Å². The maximum atomic E-state index is 5.90. The molecule has 0 fully saturated rings. The number of rotatable bonds is 4. The Labute approximate surface area is 122 Å². The quantitative estimate of drug-likeness (QED) is 0.910. The molecule has 0 amide bonds. The van der Waals surface area contributed by atoms with Crippen molar-refractivity contribution in [3.8, 4) is 0 Å². The van der Waals surface area contributed by atoms with E-state index in [0.717, 1.165) is 21.4 Å². The molecule has 0 bridgehead atoms. The van der Waals surface area contributed by atoms with E-state index in [1.54, 1.807) is 0 Å². The number of aromatic nitrogens is 2. The first-order valence-corrected chi connectivity index (χ1v) is 7.03. The van der Waals surface area contributed by atoms with E-state index >= 15 is 0 Å². The van der Waals surface area contributed by atoms with Crippen LogP contribution in [0, 0.1) is 13.8 Å². The summed E-state index contributed by atoms with van der Waals surface area (Å²) in [5, 5.41) is 7.75. The third kappa shape index (κ3) is 3.16. The van der Waals surface area contributed by atoms with Crippen LogP contribution in [0.3, 0.4) is 0 Å². The Balaban J connectivity index is 2.26. The fraction of sp³-hybridized carbons (Fsp3) is 0.357. The zero-order chi connectivity index (χ0) is 14.0. The second kappa shape index (κ2) is 5.75. The molecular weight excluding hydrogens is 304 g/mol. The first-order chi connectivity index (χ1) is 9.01. The number of hydrogen-bond donors (Lipinski definition) is 2. The lowest BCUT2D eigenvalue weighted by atomic mass is 10.1. The topological polar surface area (TPSA) is 55.9 Å². The van der Waals surface area contributed by atoms with Gasteiger partial charge in [0.1, 0.15) is 0 Å². The van der Waals surface area contributed by atoms with E-state index in [-0.39, 0.29) is 6.04 Å². The number of aryl methyl sites for hydroxylation is 2. The zero-order valence-electron chi connectivity index (χ0n) is 11.4. The molecule has 102 valence electrons. The Morgan fingerprint density at radius 2 is 2.11 bits per heavy atom. The lowest BCUT2D eigenvalue weighted by molar-refractivity contribution is 0.728. The lowest BCUT2D eigenvalue weighted by Gasteiger charge is -2.18. The van der Waals surface area contributed by atoms with Crippen LogP contribution in [0.1, 0.15) is 22.9 Å². The second-order valence-electron chi connectivity index (χ2n) is 4.76. The Kier molecular flexibility index (Phi) is 4.27. The maximum Gasteiger partial charge on any atom is 0.0669 e. The molecule has 2 rings (SSSR count). The van der Waals surface area contributed by atoms with Crippen LogP contribution in [-0.2, 0) is 7.05 Å². The standard InChI is InChI=1S/C14H19BrN4/c1-9-4-11(15)6-12(5-9)18-14(7-16)13-8-17-19(3)10(13)2/h4-6,8,14,18H,7,16H2,1-3H3. The van der Waals surface area contributed by atoms with Gasteiger partial charge in [0.2, 0.25) is 0 Å². The summed E-state index contributed by atoms with van der Waals surface area (Å²) in [7, 11) is 1.94. The predicted molar refractivity (Wildman–Crippen MR) is 82.2 cm³/mol. The summed E-state index contributed by atoms with van der Waals surface area (Å²) in [6.07, 6.45) is 1.88. The van der Waals surface area contributed by atoms with E-state index in [2.05, 4.69) is 58.4 Å². The van der Waals surface area contributed by atoms with Crippen molar-refractivity contribution in [2.75, 3.05) is 11.9 Å². The maximum absolute atomic E-state index is 5.90. The van der Waals surface area contributed by atoms with Crippen LogP contribution in [0.15, 0.2) is 28.9 Å². The Hall–Kier alpha value is -1.33. The van der Waals surface area contributed by atoms with E-state index in [4.69, 9.17) is 5.73 Å². The van der Waals surface area contributed by atoms with Crippen LogP contribution in [0.5, 0.6) is 0 Å². The average Bonchev–Trinajstić information content (AvgIpc) is 2.66. The largest absolute Gasteiger partial charge is 0.377 e. The summed E-state index contributed by atoms with van der Waals surface area (Å²) in [4.78, 5) is 0. The van der Waals surface area contributed by atoms with Gasteiger partial charge in [-0.25, -0.2) is 0 Å². The van der Waals surface area contributed by atoms with Crippen molar-refractivity contribution in [2.24, 2.45) is 12.8 Å². The molecule has 19 heavy (non-hydrogen) atoms. The van der Waals surface area contributed by atoms with Crippen LogP contribution in [0.25, 0.3) is 0 Å². The minimum Gasteiger partial charge on any atom is -0.377 e. The molecule has 0 spiro atoms.